The van der Waals surface area contributed by atoms with Gasteiger partial charge in [0, 0.05) is 22.8 Å². The van der Waals surface area contributed by atoms with Crippen molar-refractivity contribution in [2.45, 2.75) is 37.8 Å². The molecule has 1 aliphatic rings. The highest BCUT2D eigenvalue weighted by atomic mass is 79.9. The largest absolute Gasteiger partial charge is 0.474 e. The van der Waals surface area contributed by atoms with Crippen molar-refractivity contribution in [3.63, 3.8) is 0 Å². The molecule has 2 unspecified atom stereocenters. The molecule has 0 saturated heterocycles. The molecule has 4 heteroatoms. The summed E-state index contributed by atoms with van der Waals surface area (Å²) >= 11 is 3.34. The number of nitrogens with two attached hydrogens (primary N) is 1. The summed E-state index contributed by atoms with van der Waals surface area (Å²) in [5.74, 6) is 0.692. The lowest BCUT2D eigenvalue weighted by molar-refractivity contribution is 0.138. The van der Waals surface area contributed by atoms with Gasteiger partial charge in [-0.2, -0.15) is 0 Å². The first kappa shape index (κ1) is 10.9. The third-order valence-corrected chi connectivity index (χ3v) is 3.12. The molecule has 1 fully saturated rings. The van der Waals surface area contributed by atoms with Crippen molar-refractivity contribution < 1.29 is 4.74 Å². The molecule has 2 N–H and O–H groups in total. The van der Waals surface area contributed by atoms with Gasteiger partial charge in [-0.1, -0.05) is 0 Å². The molecular formula is C11H15BrN2O. The Hall–Kier alpha value is -0.610. The third-order valence-electron chi connectivity index (χ3n) is 2.65. The smallest absolute Gasteiger partial charge is 0.213 e. The summed E-state index contributed by atoms with van der Waals surface area (Å²) in [4.78, 5) is 4.19. The number of halogens is 1. The number of nitrogens with zero attached hydrogens (tertiary/aromatic N) is 1. The zero-order valence-corrected chi connectivity index (χ0v) is 10.1. The van der Waals surface area contributed by atoms with Crippen LogP contribution in [-0.2, 0) is 0 Å². The fourth-order valence-electron chi connectivity index (χ4n) is 1.89. The van der Waals surface area contributed by atoms with Gasteiger partial charge in [-0.05, 0) is 47.7 Å². The van der Waals surface area contributed by atoms with Crippen LogP contribution in [0.25, 0.3) is 0 Å². The van der Waals surface area contributed by atoms with E-state index in [2.05, 4.69) is 20.9 Å². The van der Waals surface area contributed by atoms with Gasteiger partial charge < -0.3 is 10.5 Å². The Kier molecular flexibility index (Phi) is 3.59. The first-order valence-corrected chi connectivity index (χ1v) is 6.07. The number of hydrogen-bond acceptors (Lipinski definition) is 3. The molecule has 15 heavy (non-hydrogen) atoms. The maximum atomic E-state index is 5.89. The number of ether oxygens (including phenoxy) is 1. The number of rotatable bonds is 2. The molecule has 82 valence electrons. The van der Waals surface area contributed by atoms with E-state index in [1.165, 1.54) is 0 Å². The van der Waals surface area contributed by atoms with Gasteiger partial charge in [0.2, 0.25) is 5.88 Å². The maximum Gasteiger partial charge on any atom is 0.213 e. The van der Waals surface area contributed by atoms with Crippen molar-refractivity contribution in [2.75, 3.05) is 0 Å². The summed E-state index contributed by atoms with van der Waals surface area (Å²) in [5.41, 5.74) is 5.89. The minimum atomic E-state index is 0.238. The zero-order valence-electron chi connectivity index (χ0n) is 8.53. The number of hydrogen-bond donors (Lipinski definition) is 1. The fourth-order valence-corrected chi connectivity index (χ4v) is 2.13. The lowest BCUT2D eigenvalue weighted by Gasteiger charge is -2.26. The lowest BCUT2D eigenvalue weighted by atomic mass is 9.94. The van der Waals surface area contributed by atoms with E-state index in [1.807, 2.05) is 12.1 Å². The molecule has 1 aliphatic carbocycles. The highest BCUT2D eigenvalue weighted by Gasteiger charge is 2.20. The van der Waals surface area contributed by atoms with Crippen LogP contribution >= 0.6 is 15.9 Å². The van der Waals surface area contributed by atoms with Crippen LogP contribution in [0, 0.1) is 0 Å². The summed E-state index contributed by atoms with van der Waals surface area (Å²) in [6.45, 7) is 0. The van der Waals surface area contributed by atoms with Crippen LogP contribution in [0.2, 0.25) is 0 Å². The molecular weight excluding hydrogens is 256 g/mol. The Bertz CT molecular complexity index is 315. The molecule has 0 aliphatic heterocycles. The first-order chi connectivity index (χ1) is 7.24. The van der Waals surface area contributed by atoms with Gasteiger partial charge >= 0.3 is 0 Å². The average Bonchev–Trinajstić information content (AvgIpc) is 2.22. The van der Waals surface area contributed by atoms with E-state index in [-0.39, 0.29) is 6.10 Å². The second-order valence-corrected chi connectivity index (χ2v) is 4.90. The fraction of sp³-hybridized carbons (Fsp3) is 0.545. The summed E-state index contributed by atoms with van der Waals surface area (Å²) < 4.78 is 6.74. The second-order valence-electron chi connectivity index (χ2n) is 3.98. The van der Waals surface area contributed by atoms with Crippen molar-refractivity contribution >= 4 is 15.9 Å². The third kappa shape index (κ3) is 3.18. The summed E-state index contributed by atoms with van der Waals surface area (Å²) in [6, 6.07) is 4.11. The van der Waals surface area contributed by atoms with E-state index in [9.17, 15) is 0 Å². The second kappa shape index (κ2) is 4.94. The molecule has 0 aromatic carbocycles. The Morgan fingerprint density at radius 1 is 1.40 bits per heavy atom. The molecule has 0 amide bonds. The quantitative estimate of drug-likeness (QED) is 0.899. The normalized spacial score (nSPS) is 26.3. The molecule has 1 heterocycles. The van der Waals surface area contributed by atoms with E-state index in [0.717, 1.165) is 30.2 Å². The van der Waals surface area contributed by atoms with E-state index in [4.69, 9.17) is 10.5 Å². The van der Waals surface area contributed by atoms with Crippen LogP contribution in [0.15, 0.2) is 22.8 Å². The Labute approximate surface area is 98.2 Å². The van der Waals surface area contributed by atoms with Crippen LogP contribution in [0.4, 0.5) is 0 Å². The van der Waals surface area contributed by atoms with Crippen LogP contribution in [0.1, 0.15) is 25.7 Å². The van der Waals surface area contributed by atoms with Crippen molar-refractivity contribution in [1.82, 2.24) is 4.98 Å². The van der Waals surface area contributed by atoms with E-state index < -0.39 is 0 Å². The molecule has 2 rings (SSSR count). The van der Waals surface area contributed by atoms with Crippen LogP contribution in [-0.4, -0.2) is 17.1 Å². The van der Waals surface area contributed by atoms with E-state index in [1.54, 1.807) is 6.20 Å². The average molecular weight is 271 g/mol. The Morgan fingerprint density at radius 2 is 2.27 bits per heavy atom. The van der Waals surface area contributed by atoms with Gasteiger partial charge in [0.25, 0.3) is 0 Å². The Balaban J connectivity index is 1.93. The van der Waals surface area contributed by atoms with Crippen molar-refractivity contribution in [3.8, 4) is 5.88 Å². The maximum absolute atomic E-state index is 5.89. The number of aromatic nitrogens is 1. The standard InChI is InChI=1S/C11H15BrN2O/c12-8-4-5-11(14-7-8)15-10-3-1-2-9(13)6-10/h4-5,7,9-10H,1-3,6,13H2. The zero-order chi connectivity index (χ0) is 10.7. The van der Waals surface area contributed by atoms with Gasteiger partial charge in [0.1, 0.15) is 6.10 Å². The van der Waals surface area contributed by atoms with E-state index in [0.29, 0.717) is 11.9 Å². The molecule has 1 aromatic heterocycles. The molecule has 1 saturated carbocycles. The predicted octanol–water partition coefficient (Wildman–Crippen LogP) is 2.49. The van der Waals surface area contributed by atoms with Crippen LogP contribution in [0.5, 0.6) is 5.88 Å². The van der Waals surface area contributed by atoms with Crippen molar-refractivity contribution in [2.24, 2.45) is 5.73 Å². The molecule has 0 bridgehead atoms. The summed E-state index contributed by atoms with van der Waals surface area (Å²) in [7, 11) is 0. The molecule has 1 aromatic rings. The van der Waals surface area contributed by atoms with Crippen LogP contribution in [0.3, 0.4) is 0 Å². The minimum Gasteiger partial charge on any atom is -0.474 e. The van der Waals surface area contributed by atoms with Crippen molar-refractivity contribution in [1.29, 1.82) is 0 Å². The minimum absolute atomic E-state index is 0.238. The summed E-state index contributed by atoms with van der Waals surface area (Å²) in [6.07, 6.45) is 6.29. The van der Waals surface area contributed by atoms with Crippen LogP contribution < -0.4 is 10.5 Å². The van der Waals surface area contributed by atoms with Gasteiger partial charge in [-0.3, -0.25) is 0 Å². The highest BCUT2D eigenvalue weighted by Crippen LogP contribution is 2.22. The van der Waals surface area contributed by atoms with Gasteiger partial charge in [-0.15, -0.1) is 0 Å². The number of pyridine rings is 1. The van der Waals surface area contributed by atoms with E-state index >= 15 is 0 Å². The van der Waals surface area contributed by atoms with Gasteiger partial charge in [-0.25, -0.2) is 4.98 Å². The first-order valence-electron chi connectivity index (χ1n) is 5.28. The van der Waals surface area contributed by atoms with Crippen molar-refractivity contribution in [3.05, 3.63) is 22.8 Å². The molecule has 2 atom stereocenters. The topological polar surface area (TPSA) is 48.1 Å². The molecule has 3 nitrogen and oxygen atoms in total. The highest BCUT2D eigenvalue weighted by molar-refractivity contribution is 9.10. The van der Waals surface area contributed by atoms with Gasteiger partial charge in [0.05, 0.1) is 0 Å². The predicted molar refractivity (Wildman–Crippen MR) is 62.8 cm³/mol. The molecule has 0 radical (unpaired) electrons. The molecule has 0 spiro atoms. The monoisotopic (exact) mass is 270 g/mol. The Morgan fingerprint density at radius 3 is 2.93 bits per heavy atom. The summed E-state index contributed by atoms with van der Waals surface area (Å²) in [5, 5.41) is 0. The SMILES string of the molecule is NC1CCCC(Oc2ccc(Br)cn2)C1. The lowest BCUT2D eigenvalue weighted by Crippen LogP contribution is -2.33. The van der Waals surface area contributed by atoms with Gasteiger partial charge in [0.15, 0.2) is 0 Å².